The summed E-state index contributed by atoms with van der Waals surface area (Å²) >= 11 is 0. The van der Waals surface area contributed by atoms with Gasteiger partial charge in [0.25, 0.3) is 0 Å². The Labute approximate surface area is 138 Å². The molecule has 0 spiro atoms. The van der Waals surface area contributed by atoms with Gasteiger partial charge >= 0.3 is 0 Å². The van der Waals surface area contributed by atoms with E-state index in [0.29, 0.717) is 22.6 Å². The summed E-state index contributed by atoms with van der Waals surface area (Å²) in [6.45, 7) is 3.56. The van der Waals surface area contributed by atoms with Crippen LogP contribution in [-0.4, -0.2) is 39.5 Å². The van der Waals surface area contributed by atoms with Crippen molar-refractivity contribution in [2.24, 2.45) is 0 Å². The monoisotopic (exact) mass is 334 g/mol. The first-order valence-electron chi connectivity index (χ1n) is 7.02. The Morgan fingerprint density at radius 1 is 1.38 bits per heavy atom. The molecule has 24 heavy (non-hydrogen) atoms. The van der Waals surface area contributed by atoms with Crippen LogP contribution >= 0.6 is 0 Å². The lowest BCUT2D eigenvalue weighted by molar-refractivity contribution is -0.158. The predicted octanol–water partition coefficient (Wildman–Crippen LogP) is 1.74. The van der Waals surface area contributed by atoms with Crippen molar-refractivity contribution in [3.63, 3.8) is 0 Å². The number of rotatable bonds is 6. The molecule has 0 saturated heterocycles. The molecule has 7 nitrogen and oxygen atoms in total. The van der Waals surface area contributed by atoms with Gasteiger partial charge in [-0.2, -0.15) is 0 Å². The molecule has 0 aliphatic rings. The Bertz CT molecular complexity index is 754. The van der Waals surface area contributed by atoms with Crippen LogP contribution in [0.2, 0.25) is 0 Å². The third kappa shape index (κ3) is 3.73. The van der Waals surface area contributed by atoms with Gasteiger partial charge in [-0.1, -0.05) is 11.8 Å². The number of aliphatic hydroxyl groups excluding tert-OH is 1. The quantitative estimate of drug-likeness (QED) is 0.693. The van der Waals surface area contributed by atoms with E-state index in [1.54, 1.807) is 19.1 Å². The average Bonchev–Trinajstić information content (AvgIpc) is 2.57. The van der Waals surface area contributed by atoms with Crippen LogP contribution in [0.4, 0.5) is 10.2 Å². The maximum Gasteiger partial charge on any atom is 0.165 e. The van der Waals surface area contributed by atoms with E-state index in [-0.39, 0.29) is 18.2 Å². The lowest BCUT2D eigenvalue weighted by Crippen LogP contribution is -2.37. The van der Waals surface area contributed by atoms with Gasteiger partial charge in [-0.05, 0) is 24.3 Å². The van der Waals surface area contributed by atoms with Crippen LogP contribution in [0.3, 0.4) is 0 Å². The van der Waals surface area contributed by atoms with Gasteiger partial charge in [-0.15, -0.1) is 0 Å². The summed E-state index contributed by atoms with van der Waals surface area (Å²) in [7, 11) is 3.29. The van der Waals surface area contributed by atoms with Gasteiger partial charge in [0.2, 0.25) is 0 Å². The Morgan fingerprint density at radius 2 is 2.08 bits per heavy atom. The maximum atomic E-state index is 13.2. The molecule has 0 aliphatic carbocycles. The molecule has 0 fully saturated rings. The minimum Gasteiger partial charge on any atom is -0.504 e. The molecule has 4 N–H and O–H groups in total. The number of nitrogens with two attached hydrogens (primary N) is 1. The molecule has 2 rings (SSSR count). The number of hydrazine groups is 1. The summed E-state index contributed by atoms with van der Waals surface area (Å²) in [5, 5.41) is 21.8. The largest absolute Gasteiger partial charge is 0.504 e. The van der Waals surface area contributed by atoms with E-state index in [4.69, 9.17) is 10.6 Å². The SMILES string of the molecule is C=C(c1cnc(N)c(O)c1)N(C)N(C)Oc1ccc(F)cc1CO. The highest BCUT2D eigenvalue weighted by Crippen LogP contribution is 2.25. The number of pyridine rings is 1. The first-order chi connectivity index (χ1) is 11.3. The first kappa shape index (κ1) is 17.5. The van der Waals surface area contributed by atoms with Crippen LogP contribution < -0.4 is 10.6 Å². The number of benzene rings is 1. The lowest BCUT2D eigenvalue weighted by atomic mass is 10.2. The Balaban J connectivity index is 2.15. The highest BCUT2D eigenvalue weighted by atomic mass is 19.1. The van der Waals surface area contributed by atoms with Crippen molar-refractivity contribution in [2.45, 2.75) is 6.61 Å². The summed E-state index contributed by atoms with van der Waals surface area (Å²) in [6, 6.07) is 5.29. The molecule has 1 aromatic carbocycles. The number of hydrogen-bond acceptors (Lipinski definition) is 7. The van der Waals surface area contributed by atoms with Gasteiger partial charge in [0, 0.05) is 31.4 Å². The molecule has 0 aliphatic heterocycles. The number of aromatic nitrogens is 1. The second kappa shape index (κ2) is 7.16. The maximum absolute atomic E-state index is 13.2. The Kier molecular flexibility index (Phi) is 5.22. The molecule has 0 unspecified atom stereocenters. The first-order valence-corrected chi connectivity index (χ1v) is 7.02. The van der Waals surface area contributed by atoms with Crippen LogP contribution in [0, 0.1) is 5.82 Å². The number of anilines is 1. The van der Waals surface area contributed by atoms with Crippen molar-refractivity contribution in [3.05, 3.63) is 54.0 Å². The minimum absolute atomic E-state index is 0.0257. The van der Waals surface area contributed by atoms with E-state index in [9.17, 15) is 14.6 Å². The van der Waals surface area contributed by atoms with Gasteiger partial charge in [0.15, 0.2) is 17.3 Å². The van der Waals surface area contributed by atoms with Crippen molar-refractivity contribution in [1.82, 2.24) is 15.2 Å². The lowest BCUT2D eigenvalue weighted by Gasteiger charge is -2.31. The molecule has 1 aromatic heterocycles. The molecular formula is C16H19FN4O3. The van der Waals surface area contributed by atoms with Crippen molar-refractivity contribution >= 4 is 11.5 Å². The fourth-order valence-corrected chi connectivity index (χ4v) is 1.94. The Morgan fingerprint density at radius 3 is 2.71 bits per heavy atom. The third-order valence-corrected chi connectivity index (χ3v) is 3.47. The molecular weight excluding hydrogens is 315 g/mol. The zero-order valence-corrected chi connectivity index (χ0v) is 13.4. The summed E-state index contributed by atoms with van der Waals surface area (Å²) in [4.78, 5) is 9.48. The molecule has 0 amide bonds. The van der Waals surface area contributed by atoms with Crippen molar-refractivity contribution in [3.8, 4) is 11.5 Å². The van der Waals surface area contributed by atoms with Crippen LogP contribution in [0.1, 0.15) is 11.1 Å². The molecule has 128 valence electrons. The zero-order chi connectivity index (χ0) is 17.9. The summed E-state index contributed by atoms with van der Waals surface area (Å²) < 4.78 is 13.2. The van der Waals surface area contributed by atoms with Crippen molar-refractivity contribution in [1.29, 1.82) is 0 Å². The summed E-state index contributed by atoms with van der Waals surface area (Å²) in [5.74, 6) is -0.279. The smallest absolute Gasteiger partial charge is 0.165 e. The van der Waals surface area contributed by atoms with Crippen LogP contribution in [0.5, 0.6) is 11.5 Å². The van der Waals surface area contributed by atoms with Crippen molar-refractivity contribution < 1.29 is 19.4 Å². The number of nitrogen functional groups attached to an aromatic ring is 1. The van der Waals surface area contributed by atoms with E-state index in [1.165, 1.54) is 35.6 Å². The molecule has 2 aromatic rings. The van der Waals surface area contributed by atoms with E-state index < -0.39 is 5.82 Å². The van der Waals surface area contributed by atoms with Gasteiger partial charge in [0.05, 0.1) is 12.3 Å². The second-order valence-electron chi connectivity index (χ2n) is 5.06. The molecule has 8 heteroatoms. The van der Waals surface area contributed by atoms with Gasteiger partial charge in [-0.3, -0.25) is 5.01 Å². The molecule has 1 heterocycles. The number of hydroxylamine groups is 1. The standard InChI is InChI=1S/C16H19FN4O3/c1-10(11-7-14(23)16(18)19-8-11)20(2)21(3)24-15-5-4-13(17)6-12(15)9-22/h4-8,22-23H,1,9H2,2-3H3,(H2,18,19). The molecule has 0 bridgehead atoms. The van der Waals surface area contributed by atoms with Crippen LogP contribution in [0.15, 0.2) is 37.0 Å². The fraction of sp³-hybridized carbons (Fsp3) is 0.188. The molecule has 0 saturated carbocycles. The normalized spacial score (nSPS) is 10.7. The zero-order valence-electron chi connectivity index (χ0n) is 13.4. The van der Waals surface area contributed by atoms with Crippen LogP contribution in [0.25, 0.3) is 5.70 Å². The number of hydrogen-bond donors (Lipinski definition) is 3. The highest BCUT2D eigenvalue weighted by Gasteiger charge is 2.15. The predicted molar refractivity (Wildman–Crippen MR) is 87.8 cm³/mol. The fourth-order valence-electron chi connectivity index (χ4n) is 1.94. The number of nitrogens with zero attached hydrogens (tertiary/aromatic N) is 3. The minimum atomic E-state index is -0.463. The topological polar surface area (TPSA) is 95.1 Å². The van der Waals surface area contributed by atoms with E-state index >= 15 is 0 Å². The van der Waals surface area contributed by atoms with E-state index in [2.05, 4.69) is 11.6 Å². The van der Waals surface area contributed by atoms with Gasteiger partial charge < -0.3 is 20.8 Å². The van der Waals surface area contributed by atoms with E-state index in [1.807, 2.05) is 0 Å². The Hall–Kier alpha value is -2.84. The summed E-state index contributed by atoms with van der Waals surface area (Å²) in [6.07, 6.45) is 1.47. The van der Waals surface area contributed by atoms with Crippen molar-refractivity contribution in [2.75, 3.05) is 19.8 Å². The summed E-state index contributed by atoms with van der Waals surface area (Å²) in [5.41, 5.74) is 6.81. The molecule has 0 radical (unpaired) electrons. The second-order valence-corrected chi connectivity index (χ2v) is 5.06. The number of aromatic hydroxyl groups is 1. The number of aliphatic hydroxyl groups is 1. The number of halogens is 1. The van der Waals surface area contributed by atoms with Gasteiger partial charge in [0.1, 0.15) is 5.82 Å². The van der Waals surface area contributed by atoms with Crippen LogP contribution in [-0.2, 0) is 6.61 Å². The molecule has 0 atom stereocenters. The van der Waals surface area contributed by atoms with E-state index in [0.717, 1.165) is 0 Å². The third-order valence-electron chi connectivity index (χ3n) is 3.47. The van der Waals surface area contributed by atoms with Gasteiger partial charge in [-0.25, -0.2) is 9.37 Å². The average molecular weight is 334 g/mol. The highest BCUT2D eigenvalue weighted by molar-refractivity contribution is 5.64.